The first-order valence-corrected chi connectivity index (χ1v) is 9.63. The molecule has 3 rings (SSSR count). The number of rotatable bonds is 7. The summed E-state index contributed by atoms with van der Waals surface area (Å²) in [6.45, 7) is 2.81. The quantitative estimate of drug-likeness (QED) is 0.485. The van der Waals surface area contributed by atoms with Crippen LogP contribution in [0.5, 0.6) is 0 Å². The molecule has 0 aliphatic heterocycles. The molecule has 1 aromatic heterocycles. The molecule has 0 aliphatic rings. The van der Waals surface area contributed by atoms with Gasteiger partial charge in [0.15, 0.2) is 0 Å². The Kier molecular flexibility index (Phi) is 6.23. The molecule has 0 aliphatic carbocycles. The Morgan fingerprint density at radius 3 is 2.73 bits per heavy atom. The molecule has 0 unspecified atom stereocenters. The number of aromatic nitrogens is 1. The summed E-state index contributed by atoms with van der Waals surface area (Å²) in [6, 6.07) is 13.7. The lowest BCUT2D eigenvalue weighted by Crippen LogP contribution is -2.26. The van der Waals surface area contributed by atoms with Crippen molar-refractivity contribution in [3.63, 3.8) is 0 Å². The van der Waals surface area contributed by atoms with Gasteiger partial charge in [-0.2, -0.15) is 0 Å². The third-order valence-electron chi connectivity index (χ3n) is 4.58. The average Bonchev–Trinajstić information content (AvgIpc) is 3.06. The summed E-state index contributed by atoms with van der Waals surface area (Å²) in [7, 11) is 0. The van der Waals surface area contributed by atoms with Gasteiger partial charge in [-0.05, 0) is 35.7 Å². The fourth-order valence-electron chi connectivity index (χ4n) is 3.18. The molecule has 0 spiro atoms. The van der Waals surface area contributed by atoms with Gasteiger partial charge in [0.2, 0.25) is 5.91 Å². The van der Waals surface area contributed by atoms with Crippen molar-refractivity contribution in [1.82, 2.24) is 10.3 Å². The SMILES string of the molecule is CCCCNC(=O)C[C@@H](c1ccc(Cl)c(Cl)c1)c1c[nH]c2ccccc12. The molecule has 26 heavy (non-hydrogen) atoms. The third-order valence-corrected chi connectivity index (χ3v) is 5.32. The van der Waals surface area contributed by atoms with E-state index in [0.717, 1.165) is 34.9 Å². The third kappa shape index (κ3) is 4.22. The fourth-order valence-corrected chi connectivity index (χ4v) is 3.49. The highest BCUT2D eigenvalue weighted by Crippen LogP contribution is 2.35. The maximum Gasteiger partial charge on any atom is 0.220 e. The minimum Gasteiger partial charge on any atom is -0.361 e. The second-order valence-electron chi connectivity index (χ2n) is 6.42. The predicted octanol–water partition coefficient (Wildman–Crippen LogP) is 5.91. The van der Waals surface area contributed by atoms with Gasteiger partial charge in [0.05, 0.1) is 10.0 Å². The van der Waals surface area contributed by atoms with E-state index in [9.17, 15) is 4.79 Å². The van der Waals surface area contributed by atoms with Crippen LogP contribution in [0, 0.1) is 0 Å². The van der Waals surface area contributed by atoms with Crippen LogP contribution in [0.1, 0.15) is 43.2 Å². The summed E-state index contributed by atoms with van der Waals surface area (Å²) in [5.74, 6) is -0.0534. The van der Waals surface area contributed by atoms with Crippen LogP contribution < -0.4 is 5.32 Å². The van der Waals surface area contributed by atoms with E-state index in [0.29, 0.717) is 23.0 Å². The van der Waals surface area contributed by atoms with E-state index in [4.69, 9.17) is 23.2 Å². The first-order chi connectivity index (χ1) is 12.6. The smallest absolute Gasteiger partial charge is 0.220 e. The molecule has 136 valence electrons. The van der Waals surface area contributed by atoms with Crippen molar-refractivity contribution in [2.75, 3.05) is 6.54 Å². The largest absolute Gasteiger partial charge is 0.361 e. The minimum absolute atomic E-state index is 0.0415. The molecule has 3 aromatic rings. The van der Waals surface area contributed by atoms with E-state index in [2.05, 4.69) is 23.3 Å². The number of amides is 1. The molecular weight excluding hydrogens is 367 g/mol. The average molecular weight is 389 g/mol. The number of carbonyl (C=O) groups is 1. The Labute approximate surface area is 163 Å². The number of unbranched alkanes of at least 4 members (excludes halogenated alkanes) is 1. The van der Waals surface area contributed by atoms with Crippen LogP contribution in [0.4, 0.5) is 0 Å². The zero-order valence-electron chi connectivity index (χ0n) is 14.7. The second kappa shape index (κ2) is 8.61. The number of nitrogens with one attached hydrogen (secondary N) is 2. The molecule has 5 heteroatoms. The zero-order valence-corrected chi connectivity index (χ0v) is 16.2. The summed E-state index contributed by atoms with van der Waals surface area (Å²) in [4.78, 5) is 15.8. The van der Waals surface area contributed by atoms with Gasteiger partial charge in [-0.1, -0.05) is 60.8 Å². The Morgan fingerprint density at radius 1 is 1.15 bits per heavy atom. The van der Waals surface area contributed by atoms with Crippen molar-refractivity contribution >= 4 is 40.0 Å². The molecule has 1 heterocycles. The predicted molar refractivity (Wildman–Crippen MR) is 109 cm³/mol. The Balaban J connectivity index is 1.96. The molecule has 2 N–H and O–H groups in total. The van der Waals surface area contributed by atoms with Crippen LogP contribution in [0.3, 0.4) is 0 Å². The molecule has 3 nitrogen and oxygen atoms in total. The molecule has 0 saturated heterocycles. The van der Waals surface area contributed by atoms with Crippen LogP contribution in [0.2, 0.25) is 10.0 Å². The molecule has 0 fully saturated rings. The van der Waals surface area contributed by atoms with E-state index >= 15 is 0 Å². The van der Waals surface area contributed by atoms with Crippen LogP contribution in [-0.4, -0.2) is 17.4 Å². The molecule has 2 aromatic carbocycles. The molecular formula is C21H22Cl2N2O. The Bertz CT molecular complexity index is 904. The molecule has 0 radical (unpaired) electrons. The molecule has 0 saturated carbocycles. The Hall–Kier alpha value is -1.97. The highest BCUT2D eigenvalue weighted by molar-refractivity contribution is 6.42. The van der Waals surface area contributed by atoms with E-state index < -0.39 is 0 Å². The number of benzene rings is 2. The highest BCUT2D eigenvalue weighted by Gasteiger charge is 2.22. The summed E-state index contributed by atoms with van der Waals surface area (Å²) < 4.78 is 0. The number of fused-ring (bicyclic) bond motifs is 1. The first-order valence-electron chi connectivity index (χ1n) is 8.87. The van der Waals surface area contributed by atoms with Crippen LogP contribution >= 0.6 is 23.2 Å². The fraction of sp³-hybridized carbons (Fsp3) is 0.286. The number of hydrogen-bond donors (Lipinski definition) is 2. The number of carbonyl (C=O) groups excluding carboxylic acids is 1. The maximum atomic E-state index is 12.5. The van der Waals surface area contributed by atoms with Crippen molar-refractivity contribution in [2.45, 2.75) is 32.1 Å². The highest BCUT2D eigenvalue weighted by atomic mass is 35.5. The number of H-pyrrole nitrogens is 1. The summed E-state index contributed by atoms with van der Waals surface area (Å²) in [5, 5.41) is 5.14. The maximum absolute atomic E-state index is 12.5. The van der Waals surface area contributed by atoms with Crippen molar-refractivity contribution in [3.05, 3.63) is 69.8 Å². The second-order valence-corrected chi connectivity index (χ2v) is 7.24. The number of halogens is 2. The van der Waals surface area contributed by atoms with Crippen LogP contribution in [0.15, 0.2) is 48.7 Å². The van der Waals surface area contributed by atoms with Crippen molar-refractivity contribution < 1.29 is 4.79 Å². The topological polar surface area (TPSA) is 44.9 Å². The van der Waals surface area contributed by atoms with E-state index in [1.807, 2.05) is 36.5 Å². The molecule has 0 bridgehead atoms. The normalized spacial score (nSPS) is 12.3. The molecule has 1 amide bonds. The van der Waals surface area contributed by atoms with Gasteiger partial charge in [0, 0.05) is 36.0 Å². The van der Waals surface area contributed by atoms with Crippen LogP contribution in [0.25, 0.3) is 10.9 Å². The number of hydrogen-bond acceptors (Lipinski definition) is 1. The summed E-state index contributed by atoms with van der Waals surface area (Å²) in [5.41, 5.74) is 3.12. The first kappa shape index (κ1) is 18.8. The van der Waals surface area contributed by atoms with Crippen molar-refractivity contribution in [1.29, 1.82) is 0 Å². The van der Waals surface area contributed by atoms with Gasteiger partial charge in [-0.3, -0.25) is 4.79 Å². The number of aromatic amines is 1. The van der Waals surface area contributed by atoms with Gasteiger partial charge in [0.25, 0.3) is 0 Å². The molecule has 1 atom stereocenters. The standard InChI is InChI=1S/C21H22Cl2N2O/c1-2-3-10-24-21(26)12-16(14-8-9-18(22)19(23)11-14)17-13-25-20-7-5-4-6-15(17)20/h4-9,11,13,16,25H,2-3,10,12H2,1H3,(H,24,26)/t16-/m0/s1. The van der Waals surface area contributed by atoms with Crippen molar-refractivity contribution in [3.8, 4) is 0 Å². The van der Waals surface area contributed by atoms with Gasteiger partial charge in [-0.25, -0.2) is 0 Å². The zero-order chi connectivity index (χ0) is 18.5. The monoisotopic (exact) mass is 388 g/mol. The number of para-hydroxylation sites is 1. The van der Waals surface area contributed by atoms with Crippen LogP contribution in [-0.2, 0) is 4.79 Å². The van der Waals surface area contributed by atoms with E-state index in [1.165, 1.54) is 0 Å². The lowest BCUT2D eigenvalue weighted by molar-refractivity contribution is -0.121. The van der Waals surface area contributed by atoms with Crippen molar-refractivity contribution in [2.24, 2.45) is 0 Å². The lowest BCUT2D eigenvalue weighted by atomic mass is 9.88. The Morgan fingerprint density at radius 2 is 1.96 bits per heavy atom. The van der Waals surface area contributed by atoms with E-state index in [1.54, 1.807) is 6.07 Å². The van der Waals surface area contributed by atoms with E-state index in [-0.39, 0.29) is 11.8 Å². The van der Waals surface area contributed by atoms with Gasteiger partial charge in [-0.15, -0.1) is 0 Å². The van der Waals surface area contributed by atoms with Gasteiger partial charge in [0.1, 0.15) is 0 Å². The van der Waals surface area contributed by atoms with Gasteiger partial charge < -0.3 is 10.3 Å². The summed E-state index contributed by atoms with van der Waals surface area (Å²) in [6.07, 6.45) is 4.38. The summed E-state index contributed by atoms with van der Waals surface area (Å²) >= 11 is 12.3. The minimum atomic E-state index is -0.0949. The lowest BCUT2D eigenvalue weighted by Gasteiger charge is -2.18. The van der Waals surface area contributed by atoms with Gasteiger partial charge >= 0.3 is 0 Å².